The number of aromatic nitrogens is 1. The third-order valence-corrected chi connectivity index (χ3v) is 2.59. The number of carbonyl (C=O) groups excluding carboxylic acids is 2. The summed E-state index contributed by atoms with van der Waals surface area (Å²) in [6.07, 6.45) is 1.63. The van der Waals surface area contributed by atoms with Crippen molar-refractivity contribution >= 4 is 35.7 Å². The fraction of sp³-hybridized carbons (Fsp3) is 0.364. The molecule has 2 heterocycles. The molecule has 1 aromatic rings. The highest BCUT2D eigenvalue weighted by molar-refractivity contribution is 6.09. The van der Waals surface area contributed by atoms with E-state index in [1.54, 1.807) is 19.3 Å². The molecule has 1 aromatic heterocycles. The first kappa shape index (κ1) is 14.4. The smallest absolute Gasteiger partial charge is 0.244 e. The van der Waals surface area contributed by atoms with Crippen LogP contribution in [0.3, 0.4) is 0 Å². The van der Waals surface area contributed by atoms with Crippen molar-refractivity contribution in [2.24, 2.45) is 0 Å². The van der Waals surface area contributed by atoms with Crippen molar-refractivity contribution in [3.8, 4) is 0 Å². The van der Waals surface area contributed by atoms with Crippen LogP contribution in [0.15, 0.2) is 12.3 Å². The average Bonchev–Trinajstić information content (AvgIpc) is 2.30. The zero-order valence-corrected chi connectivity index (χ0v) is 11.0. The van der Waals surface area contributed by atoms with Gasteiger partial charge in [-0.2, -0.15) is 0 Å². The summed E-state index contributed by atoms with van der Waals surface area (Å²) in [7, 11) is 1.69. The number of anilines is 2. The number of nitrogens with one attached hydrogen (secondary N) is 2. The van der Waals surface area contributed by atoms with E-state index in [0.717, 1.165) is 5.56 Å². The summed E-state index contributed by atoms with van der Waals surface area (Å²) in [6.45, 7) is 2.07. The zero-order chi connectivity index (χ0) is 12.4. The lowest BCUT2D eigenvalue weighted by atomic mass is 10.2. The molecule has 0 spiro atoms. The molecule has 1 aliphatic heterocycles. The van der Waals surface area contributed by atoms with E-state index in [0.29, 0.717) is 11.5 Å². The molecule has 2 N–H and O–H groups in total. The minimum atomic E-state index is -0.196. The minimum Gasteiger partial charge on any atom is -0.321 e. The Bertz CT molecular complexity index is 478. The molecule has 6 nitrogen and oxygen atoms in total. The summed E-state index contributed by atoms with van der Waals surface area (Å²) in [6, 6.07) is 1.80. The van der Waals surface area contributed by atoms with Gasteiger partial charge in [0.05, 0.1) is 12.2 Å². The predicted molar refractivity (Wildman–Crippen MR) is 71.1 cm³/mol. The van der Waals surface area contributed by atoms with Crippen molar-refractivity contribution < 1.29 is 9.59 Å². The molecule has 0 unspecified atom stereocenters. The van der Waals surface area contributed by atoms with Gasteiger partial charge in [-0.25, -0.2) is 4.98 Å². The van der Waals surface area contributed by atoms with Gasteiger partial charge in [0.15, 0.2) is 5.82 Å². The summed E-state index contributed by atoms with van der Waals surface area (Å²) < 4.78 is 0. The molecule has 0 aromatic carbocycles. The Morgan fingerprint density at radius 2 is 2.33 bits per heavy atom. The molecule has 1 aliphatic rings. The van der Waals surface area contributed by atoms with Gasteiger partial charge in [-0.1, -0.05) is 0 Å². The Hall–Kier alpha value is -1.66. The van der Waals surface area contributed by atoms with Gasteiger partial charge in [-0.05, 0) is 25.6 Å². The van der Waals surface area contributed by atoms with E-state index in [-0.39, 0.29) is 37.3 Å². The molecular formula is C11H15ClN4O2. The van der Waals surface area contributed by atoms with Crippen LogP contribution < -0.4 is 15.5 Å². The van der Waals surface area contributed by atoms with Crippen LogP contribution in [0.1, 0.15) is 5.56 Å². The van der Waals surface area contributed by atoms with E-state index in [1.165, 1.54) is 4.90 Å². The molecule has 0 aliphatic carbocycles. The Morgan fingerprint density at radius 3 is 3.00 bits per heavy atom. The molecule has 2 rings (SSSR count). The van der Waals surface area contributed by atoms with Crippen LogP contribution in [0.4, 0.5) is 11.5 Å². The minimum absolute atomic E-state index is 0. The maximum atomic E-state index is 11.9. The molecule has 0 bridgehead atoms. The van der Waals surface area contributed by atoms with Crippen LogP contribution in [0, 0.1) is 6.92 Å². The highest BCUT2D eigenvalue weighted by atomic mass is 35.5. The van der Waals surface area contributed by atoms with Crippen molar-refractivity contribution in [3.63, 3.8) is 0 Å². The van der Waals surface area contributed by atoms with E-state index in [2.05, 4.69) is 15.6 Å². The highest BCUT2D eigenvalue weighted by Crippen LogP contribution is 2.29. The fourth-order valence-corrected chi connectivity index (χ4v) is 1.75. The average molecular weight is 271 g/mol. The van der Waals surface area contributed by atoms with Crippen LogP contribution in [0.25, 0.3) is 0 Å². The fourth-order valence-electron chi connectivity index (χ4n) is 1.75. The first-order valence-corrected chi connectivity index (χ1v) is 5.34. The Balaban J connectivity index is 0.00000162. The molecular weight excluding hydrogens is 256 g/mol. The standard InChI is InChI=1S/C11H14N4O2.ClH/c1-7-3-4-13-11-10(7)14-8(16)6-15(11)9(17)5-12-2;/h3-4,12H,5-6H2,1-2H3,(H,14,16);1H. The molecule has 18 heavy (non-hydrogen) atoms. The molecule has 98 valence electrons. The second-order valence-corrected chi connectivity index (χ2v) is 3.88. The van der Waals surface area contributed by atoms with Crippen molar-refractivity contribution in [3.05, 3.63) is 17.8 Å². The second kappa shape index (κ2) is 5.79. The quantitative estimate of drug-likeness (QED) is 0.812. The molecule has 2 amide bonds. The van der Waals surface area contributed by atoms with E-state index in [1.807, 2.05) is 6.92 Å². The van der Waals surface area contributed by atoms with Gasteiger partial charge < -0.3 is 10.6 Å². The number of carbonyl (C=O) groups is 2. The predicted octanol–water partition coefficient (Wildman–Crippen LogP) is 0.316. The van der Waals surface area contributed by atoms with Crippen molar-refractivity contribution in [2.75, 3.05) is 30.4 Å². The molecule has 0 fully saturated rings. The van der Waals surface area contributed by atoms with Crippen LogP contribution >= 0.6 is 12.4 Å². The van der Waals surface area contributed by atoms with Gasteiger partial charge in [0.1, 0.15) is 6.54 Å². The van der Waals surface area contributed by atoms with Crippen LogP contribution in [-0.4, -0.2) is 36.9 Å². The number of rotatable bonds is 2. The lowest BCUT2D eigenvalue weighted by Crippen LogP contribution is -2.46. The maximum Gasteiger partial charge on any atom is 0.244 e. The number of hydrogen-bond donors (Lipinski definition) is 2. The molecule has 0 saturated carbocycles. The Kier molecular flexibility index (Phi) is 4.63. The Labute approximate surface area is 111 Å². The molecule has 0 saturated heterocycles. The summed E-state index contributed by atoms with van der Waals surface area (Å²) >= 11 is 0. The van der Waals surface area contributed by atoms with Crippen molar-refractivity contribution in [2.45, 2.75) is 6.92 Å². The summed E-state index contributed by atoms with van der Waals surface area (Å²) in [5.74, 6) is 0.157. The number of fused-ring (bicyclic) bond motifs is 1. The summed E-state index contributed by atoms with van der Waals surface area (Å²) in [5.41, 5.74) is 1.51. The highest BCUT2D eigenvalue weighted by Gasteiger charge is 2.28. The van der Waals surface area contributed by atoms with Gasteiger partial charge in [-0.15, -0.1) is 12.4 Å². The van der Waals surface area contributed by atoms with E-state index < -0.39 is 0 Å². The lowest BCUT2D eigenvalue weighted by Gasteiger charge is -2.28. The largest absolute Gasteiger partial charge is 0.321 e. The first-order valence-electron chi connectivity index (χ1n) is 5.34. The summed E-state index contributed by atoms with van der Waals surface area (Å²) in [5, 5.41) is 5.51. The number of halogens is 1. The zero-order valence-electron chi connectivity index (χ0n) is 10.2. The van der Waals surface area contributed by atoms with E-state index >= 15 is 0 Å². The Morgan fingerprint density at radius 1 is 1.61 bits per heavy atom. The SMILES string of the molecule is CNCC(=O)N1CC(=O)Nc2c(C)ccnc21.Cl. The number of hydrogen-bond acceptors (Lipinski definition) is 4. The van der Waals surface area contributed by atoms with Gasteiger partial charge in [0, 0.05) is 6.20 Å². The second-order valence-electron chi connectivity index (χ2n) is 3.88. The number of amides is 2. The van der Waals surface area contributed by atoms with Crippen molar-refractivity contribution in [1.82, 2.24) is 10.3 Å². The van der Waals surface area contributed by atoms with Gasteiger partial charge in [0.25, 0.3) is 0 Å². The lowest BCUT2D eigenvalue weighted by molar-refractivity contribution is -0.121. The monoisotopic (exact) mass is 270 g/mol. The number of nitrogens with zero attached hydrogens (tertiary/aromatic N) is 2. The number of likely N-dealkylation sites (N-methyl/N-ethyl adjacent to an activating group) is 1. The van der Waals surface area contributed by atoms with Crippen LogP contribution in [0.2, 0.25) is 0 Å². The topological polar surface area (TPSA) is 74.3 Å². The van der Waals surface area contributed by atoms with Gasteiger partial charge in [0.2, 0.25) is 11.8 Å². The van der Waals surface area contributed by atoms with Gasteiger partial charge in [-0.3, -0.25) is 14.5 Å². The normalized spacial score (nSPS) is 13.4. The van der Waals surface area contributed by atoms with E-state index in [4.69, 9.17) is 0 Å². The summed E-state index contributed by atoms with van der Waals surface area (Å²) in [4.78, 5) is 29.0. The maximum absolute atomic E-state index is 11.9. The number of pyridine rings is 1. The van der Waals surface area contributed by atoms with Crippen molar-refractivity contribution in [1.29, 1.82) is 0 Å². The molecule has 7 heteroatoms. The third-order valence-electron chi connectivity index (χ3n) is 2.59. The third kappa shape index (κ3) is 2.60. The molecule has 0 atom stereocenters. The van der Waals surface area contributed by atoms with Gasteiger partial charge >= 0.3 is 0 Å². The molecule has 0 radical (unpaired) electrons. The number of aryl methyl sites for hydroxylation is 1. The van der Waals surface area contributed by atoms with E-state index in [9.17, 15) is 9.59 Å². The van der Waals surface area contributed by atoms with Crippen LogP contribution in [-0.2, 0) is 9.59 Å². The van der Waals surface area contributed by atoms with Crippen LogP contribution in [0.5, 0.6) is 0 Å². The first-order chi connectivity index (χ1) is 8.13.